The van der Waals surface area contributed by atoms with E-state index >= 15 is 0 Å². The smallest absolute Gasteiger partial charge is 0.275 e. The van der Waals surface area contributed by atoms with E-state index < -0.39 is 0 Å². The van der Waals surface area contributed by atoms with Crippen molar-refractivity contribution in [3.05, 3.63) is 33.0 Å². The summed E-state index contributed by atoms with van der Waals surface area (Å²) in [5.74, 6) is 4.69. The molecule has 106 valence electrons. The number of carbonyl (C=O) groups excluding carboxylic acids is 2. The topological polar surface area (TPSA) is 97.1 Å². The molecule has 2 rings (SSSR count). The Labute approximate surface area is 124 Å². The third kappa shape index (κ3) is 3.86. The summed E-state index contributed by atoms with van der Waals surface area (Å²) >= 11 is 2.82. The molecule has 0 aromatic carbocycles. The van der Waals surface area contributed by atoms with E-state index in [1.165, 1.54) is 29.6 Å². The number of amides is 2. The van der Waals surface area contributed by atoms with Gasteiger partial charge in [-0.05, 0) is 25.0 Å². The molecular formula is C12H14N4O2S2. The molecule has 0 aliphatic carbocycles. The molecule has 2 aromatic rings. The van der Waals surface area contributed by atoms with Crippen LogP contribution in [0, 0.1) is 0 Å². The first-order valence-electron chi connectivity index (χ1n) is 5.90. The maximum Gasteiger partial charge on any atom is 0.275 e. The van der Waals surface area contributed by atoms with Crippen molar-refractivity contribution in [3.8, 4) is 0 Å². The van der Waals surface area contributed by atoms with Crippen molar-refractivity contribution in [2.45, 2.75) is 19.8 Å². The highest BCUT2D eigenvalue weighted by molar-refractivity contribution is 7.14. The van der Waals surface area contributed by atoms with E-state index in [4.69, 9.17) is 5.84 Å². The molecule has 0 bridgehead atoms. The summed E-state index contributed by atoms with van der Waals surface area (Å²) in [5.41, 5.74) is 3.04. The monoisotopic (exact) mass is 310 g/mol. The summed E-state index contributed by atoms with van der Waals surface area (Å²) in [6.45, 7) is 1.46. The lowest BCUT2D eigenvalue weighted by molar-refractivity contribution is -0.114. The molecule has 4 N–H and O–H groups in total. The largest absolute Gasteiger partial charge is 0.302 e. The van der Waals surface area contributed by atoms with Gasteiger partial charge in [0.15, 0.2) is 5.13 Å². The Morgan fingerprint density at radius 1 is 1.35 bits per heavy atom. The third-order valence-corrected chi connectivity index (χ3v) is 4.43. The van der Waals surface area contributed by atoms with E-state index in [0.29, 0.717) is 10.0 Å². The lowest BCUT2D eigenvalue weighted by Crippen LogP contribution is -2.29. The van der Waals surface area contributed by atoms with Crippen LogP contribution in [0.4, 0.5) is 5.13 Å². The third-order valence-electron chi connectivity index (χ3n) is 2.48. The van der Waals surface area contributed by atoms with E-state index in [0.717, 1.165) is 23.4 Å². The van der Waals surface area contributed by atoms with Crippen LogP contribution >= 0.6 is 22.7 Å². The SMILES string of the molecule is CC(=O)Nc1nc(CCc2ccc(C(=O)NN)s2)cs1. The van der Waals surface area contributed by atoms with E-state index in [9.17, 15) is 9.59 Å². The molecule has 0 aliphatic rings. The van der Waals surface area contributed by atoms with Gasteiger partial charge in [0.25, 0.3) is 5.91 Å². The van der Waals surface area contributed by atoms with Gasteiger partial charge >= 0.3 is 0 Å². The summed E-state index contributed by atoms with van der Waals surface area (Å²) in [6.07, 6.45) is 1.56. The predicted molar refractivity (Wildman–Crippen MR) is 79.8 cm³/mol. The standard InChI is InChI=1S/C12H14N4O2S2/c1-7(17)14-12-15-8(6-19-12)2-3-9-4-5-10(20-9)11(18)16-13/h4-6H,2-3,13H2,1H3,(H,16,18)(H,14,15,17). The van der Waals surface area contributed by atoms with Crippen molar-refractivity contribution in [2.24, 2.45) is 5.84 Å². The number of carbonyl (C=O) groups is 2. The number of hydrogen-bond donors (Lipinski definition) is 3. The Morgan fingerprint density at radius 3 is 2.85 bits per heavy atom. The molecule has 2 aromatic heterocycles. The maximum atomic E-state index is 11.3. The number of anilines is 1. The molecule has 0 saturated heterocycles. The Bertz CT molecular complexity index is 621. The number of thiazole rings is 1. The van der Waals surface area contributed by atoms with Gasteiger partial charge in [-0.1, -0.05) is 0 Å². The molecule has 2 heterocycles. The van der Waals surface area contributed by atoms with E-state index in [2.05, 4.69) is 15.7 Å². The molecule has 0 spiro atoms. The number of nitrogens with two attached hydrogens (primary N) is 1. The second-order valence-corrected chi connectivity index (χ2v) is 6.09. The molecule has 20 heavy (non-hydrogen) atoms. The lowest BCUT2D eigenvalue weighted by Gasteiger charge is -1.96. The molecule has 0 aliphatic heterocycles. The van der Waals surface area contributed by atoms with Gasteiger partial charge in [0.05, 0.1) is 10.6 Å². The summed E-state index contributed by atoms with van der Waals surface area (Å²) in [7, 11) is 0. The van der Waals surface area contributed by atoms with E-state index in [-0.39, 0.29) is 11.8 Å². The van der Waals surface area contributed by atoms with Crippen molar-refractivity contribution in [1.82, 2.24) is 10.4 Å². The van der Waals surface area contributed by atoms with Gasteiger partial charge in [-0.15, -0.1) is 22.7 Å². The Kier molecular flexibility index (Phi) is 4.83. The average molecular weight is 310 g/mol. The fourth-order valence-corrected chi connectivity index (χ4v) is 3.29. The summed E-state index contributed by atoms with van der Waals surface area (Å²) < 4.78 is 0. The molecule has 6 nitrogen and oxygen atoms in total. The zero-order valence-electron chi connectivity index (χ0n) is 10.8. The zero-order chi connectivity index (χ0) is 14.5. The van der Waals surface area contributed by atoms with Crippen molar-refractivity contribution in [3.63, 3.8) is 0 Å². The molecule has 8 heteroatoms. The summed E-state index contributed by atoms with van der Waals surface area (Å²) in [5, 5.41) is 5.19. The van der Waals surface area contributed by atoms with Crippen molar-refractivity contribution >= 4 is 39.6 Å². The molecule has 0 radical (unpaired) electrons. The molecule has 0 unspecified atom stereocenters. The molecule has 0 fully saturated rings. The zero-order valence-corrected chi connectivity index (χ0v) is 12.4. The fraction of sp³-hybridized carbons (Fsp3) is 0.250. The van der Waals surface area contributed by atoms with Crippen LogP contribution in [0.2, 0.25) is 0 Å². The number of thiophene rings is 1. The highest BCUT2D eigenvalue weighted by Crippen LogP contribution is 2.20. The van der Waals surface area contributed by atoms with Crippen LogP contribution in [-0.4, -0.2) is 16.8 Å². The number of aromatic nitrogens is 1. The Hall–Kier alpha value is -1.77. The fourth-order valence-electron chi connectivity index (χ4n) is 1.59. The first-order chi connectivity index (χ1) is 9.58. The average Bonchev–Trinajstić information content (AvgIpc) is 3.04. The number of hydrazine groups is 1. The van der Waals surface area contributed by atoms with Gasteiger partial charge in [0.2, 0.25) is 5.91 Å². The van der Waals surface area contributed by atoms with E-state index in [1.807, 2.05) is 11.4 Å². The first-order valence-corrected chi connectivity index (χ1v) is 7.59. The second kappa shape index (κ2) is 6.60. The van der Waals surface area contributed by atoms with Crippen LogP contribution in [0.3, 0.4) is 0 Å². The van der Waals surface area contributed by atoms with Gasteiger partial charge in [-0.2, -0.15) is 0 Å². The van der Waals surface area contributed by atoms with Crippen LogP contribution in [0.25, 0.3) is 0 Å². The highest BCUT2D eigenvalue weighted by atomic mass is 32.1. The van der Waals surface area contributed by atoms with Gasteiger partial charge in [0.1, 0.15) is 0 Å². The van der Waals surface area contributed by atoms with Crippen LogP contribution in [0.5, 0.6) is 0 Å². The minimum absolute atomic E-state index is 0.124. The second-order valence-electron chi connectivity index (χ2n) is 4.06. The van der Waals surface area contributed by atoms with Gasteiger partial charge in [-0.25, -0.2) is 10.8 Å². The quantitative estimate of drug-likeness (QED) is 0.443. The number of aryl methyl sites for hydroxylation is 2. The number of hydrogen-bond acceptors (Lipinski definition) is 6. The summed E-state index contributed by atoms with van der Waals surface area (Å²) in [6, 6.07) is 3.67. The number of nitrogens with one attached hydrogen (secondary N) is 2. The first kappa shape index (κ1) is 14.6. The maximum absolute atomic E-state index is 11.3. The summed E-state index contributed by atoms with van der Waals surface area (Å²) in [4.78, 5) is 28.2. The Balaban J connectivity index is 1.91. The van der Waals surface area contributed by atoms with Crippen molar-refractivity contribution in [2.75, 3.05) is 5.32 Å². The molecule has 0 atom stereocenters. The van der Waals surface area contributed by atoms with Crippen molar-refractivity contribution < 1.29 is 9.59 Å². The van der Waals surface area contributed by atoms with Crippen LogP contribution in [-0.2, 0) is 17.6 Å². The predicted octanol–water partition coefficient (Wildman–Crippen LogP) is 1.55. The lowest BCUT2D eigenvalue weighted by atomic mass is 10.2. The minimum Gasteiger partial charge on any atom is -0.302 e. The van der Waals surface area contributed by atoms with Crippen LogP contribution in [0.1, 0.15) is 27.2 Å². The van der Waals surface area contributed by atoms with E-state index in [1.54, 1.807) is 6.07 Å². The van der Waals surface area contributed by atoms with Gasteiger partial charge in [-0.3, -0.25) is 15.0 Å². The molecule has 2 amide bonds. The normalized spacial score (nSPS) is 10.3. The Morgan fingerprint density at radius 2 is 2.15 bits per heavy atom. The number of nitrogen functional groups attached to an aromatic ring is 1. The molecule has 0 saturated carbocycles. The van der Waals surface area contributed by atoms with Gasteiger partial charge < -0.3 is 5.32 Å². The number of nitrogens with zero attached hydrogens (tertiary/aromatic N) is 1. The molecular weight excluding hydrogens is 296 g/mol. The van der Waals surface area contributed by atoms with Gasteiger partial charge in [0, 0.05) is 17.2 Å². The highest BCUT2D eigenvalue weighted by Gasteiger charge is 2.08. The van der Waals surface area contributed by atoms with Crippen LogP contribution < -0.4 is 16.6 Å². The number of rotatable bonds is 5. The van der Waals surface area contributed by atoms with Crippen molar-refractivity contribution in [1.29, 1.82) is 0 Å². The van der Waals surface area contributed by atoms with Crippen LogP contribution in [0.15, 0.2) is 17.5 Å². The minimum atomic E-state index is -0.275.